The number of benzene rings is 2. The zero-order valence-corrected chi connectivity index (χ0v) is 15.0. The Morgan fingerprint density at radius 1 is 1.04 bits per heavy atom. The Kier molecular flexibility index (Phi) is 4.76. The molecule has 1 aliphatic rings. The van der Waals surface area contributed by atoms with Gasteiger partial charge in [-0.2, -0.15) is 0 Å². The summed E-state index contributed by atoms with van der Waals surface area (Å²) in [5, 5.41) is 0. The summed E-state index contributed by atoms with van der Waals surface area (Å²) < 4.78 is 5.09. The summed E-state index contributed by atoms with van der Waals surface area (Å²) in [6.07, 6.45) is 2.21. The fourth-order valence-corrected chi connectivity index (χ4v) is 2.99. The van der Waals surface area contributed by atoms with Crippen LogP contribution in [0.3, 0.4) is 0 Å². The molecule has 0 spiro atoms. The number of hydrogen-bond acceptors (Lipinski definition) is 3. The molecule has 3 rings (SSSR count). The number of esters is 2. The van der Waals surface area contributed by atoms with Gasteiger partial charge in [0, 0.05) is 0 Å². The zero-order chi connectivity index (χ0) is 18.0. The molecule has 130 valence electrons. The minimum atomic E-state index is -0.745. The van der Waals surface area contributed by atoms with Gasteiger partial charge in [0.25, 0.3) is 0 Å². The van der Waals surface area contributed by atoms with E-state index in [-0.39, 0.29) is 11.9 Å². The van der Waals surface area contributed by atoms with Gasteiger partial charge in [0.1, 0.15) is 0 Å². The van der Waals surface area contributed by atoms with Crippen LogP contribution in [0.4, 0.5) is 0 Å². The lowest BCUT2D eigenvalue weighted by atomic mass is 9.83. The molecule has 3 heteroatoms. The first-order valence-corrected chi connectivity index (χ1v) is 8.78. The quantitative estimate of drug-likeness (QED) is 0.586. The first kappa shape index (κ1) is 17.4. The standard InChI is InChI=1S/C22H24O3/c1-15-18(10-7-11-19(15)16-8-5-4-6-9-16)14-22(2,3)21(24)25-20(23)17-12-13-17/h4-11,17H,12-14H2,1-3H3. The van der Waals surface area contributed by atoms with Gasteiger partial charge in [-0.25, -0.2) is 0 Å². The number of rotatable bonds is 5. The Morgan fingerprint density at radius 3 is 2.36 bits per heavy atom. The van der Waals surface area contributed by atoms with Crippen molar-refractivity contribution in [2.45, 2.75) is 40.0 Å². The maximum Gasteiger partial charge on any atom is 0.319 e. The highest BCUT2D eigenvalue weighted by atomic mass is 16.6. The third kappa shape index (κ3) is 3.98. The first-order chi connectivity index (χ1) is 11.9. The fraction of sp³-hybridized carbons (Fsp3) is 0.364. The predicted molar refractivity (Wildman–Crippen MR) is 97.9 cm³/mol. The third-order valence-corrected chi connectivity index (χ3v) is 4.82. The van der Waals surface area contributed by atoms with Crippen molar-refractivity contribution in [3.63, 3.8) is 0 Å². The lowest BCUT2D eigenvalue weighted by molar-refractivity contribution is -0.167. The van der Waals surface area contributed by atoms with E-state index < -0.39 is 11.4 Å². The van der Waals surface area contributed by atoms with E-state index in [2.05, 4.69) is 25.1 Å². The minimum Gasteiger partial charge on any atom is -0.393 e. The monoisotopic (exact) mass is 336 g/mol. The van der Waals surface area contributed by atoms with Gasteiger partial charge < -0.3 is 4.74 Å². The van der Waals surface area contributed by atoms with Crippen LogP contribution in [-0.4, -0.2) is 11.9 Å². The van der Waals surface area contributed by atoms with Gasteiger partial charge in [-0.05, 0) is 62.3 Å². The summed E-state index contributed by atoms with van der Waals surface area (Å²) >= 11 is 0. The summed E-state index contributed by atoms with van der Waals surface area (Å²) in [6, 6.07) is 16.4. The van der Waals surface area contributed by atoms with Crippen molar-refractivity contribution < 1.29 is 14.3 Å². The van der Waals surface area contributed by atoms with Crippen LogP contribution >= 0.6 is 0 Å². The Bertz CT molecular complexity index is 786. The molecule has 0 aromatic heterocycles. The molecule has 25 heavy (non-hydrogen) atoms. The highest BCUT2D eigenvalue weighted by Crippen LogP contribution is 2.33. The molecule has 2 aromatic rings. The molecule has 0 saturated heterocycles. The van der Waals surface area contributed by atoms with Gasteiger partial charge in [0.15, 0.2) is 0 Å². The molecule has 2 aromatic carbocycles. The maximum absolute atomic E-state index is 12.4. The van der Waals surface area contributed by atoms with E-state index in [4.69, 9.17) is 4.74 Å². The molecule has 0 radical (unpaired) electrons. The summed E-state index contributed by atoms with van der Waals surface area (Å²) in [5.41, 5.74) is 3.83. The normalized spacial score (nSPS) is 14.2. The van der Waals surface area contributed by atoms with Gasteiger partial charge in [-0.3, -0.25) is 9.59 Å². The number of carbonyl (C=O) groups excluding carboxylic acids is 2. The molecule has 1 fully saturated rings. The zero-order valence-electron chi connectivity index (χ0n) is 15.0. The van der Waals surface area contributed by atoms with Crippen molar-refractivity contribution in [3.8, 4) is 11.1 Å². The van der Waals surface area contributed by atoms with Crippen molar-refractivity contribution in [2.24, 2.45) is 11.3 Å². The van der Waals surface area contributed by atoms with Gasteiger partial charge in [0.2, 0.25) is 0 Å². The lowest BCUT2D eigenvalue weighted by Gasteiger charge is -2.23. The number of hydrogen-bond donors (Lipinski definition) is 0. The van der Waals surface area contributed by atoms with Crippen LogP contribution < -0.4 is 0 Å². The molecule has 0 heterocycles. The van der Waals surface area contributed by atoms with Crippen molar-refractivity contribution in [1.29, 1.82) is 0 Å². The Morgan fingerprint density at radius 2 is 1.72 bits per heavy atom. The molecule has 0 atom stereocenters. The molecule has 1 aliphatic carbocycles. The predicted octanol–water partition coefficient (Wildman–Crippen LogP) is 4.71. The SMILES string of the molecule is Cc1c(CC(C)(C)C(=O)OC(=O)C2CC2)cccc1-c1ccccc1. The van der Waals surface area contributed by atoms with Gasteiger partial charge >= 0.3 is 11.9 Å². The topological polar surface area (TPSA) is 43.4 Å². The average Bonchev–Trinajstić information content (AvgIpc) is 3.42. The minimum absolute atomic E-state index is 0.0668. The van der Waals surface area contributed by atoms with Crippen LogP contribution in [0.25, 0.3) is 11.1 Å². The van der Waals surface area contributed by atoms with E-state index >= 15 is 0 Å². The first-order valence-electron chi connectivity index (χ1n) is 8.78. The second-order valence-corrected chi connectivity index (χ2v) is 7.50. The summed E-state index contributed by atoms with van der Waals surface area (Å²) in [6.45, 7) is 5.75. The van der Waals surface area contributed by atoms with Crippen molar-refractivity contribution >= 4 is 11.9 Å². The molecule has 0 N–H and O–H groups in total. The van der Waals surface area contributed by atoms with E-state index in [0.717, 1.165) is 35.1 Å². The molecule has 3 nitrogen and oxygen atoms in total. The molecule has 0 unspecified atom stereocenters. The second-order valence-electron chi connectivity index (χ2n) is 7.50. The average molecular weight is 336 g/mol. The molecule has 0 amide bonds. The van der Waals surface area contributed by atoms with Crippen molar-refractivity contribution in [3.05, 3.63) is 59.7 Å². The third-order valence-electron chi connectivity index (χ3n) is 4.82. The van der Waals surface area contributed by atoms with Gasteiger partial charge in [0.05, 0.1) is 11.3 Å². The summed E-state index contributed by atoms with van der Waals surface area (Å²) in [7, 11) is 0. The van der Waals surface area contributed by atoms with Crippen molar-refractivity contribution in [2.75, 3.05) is 0 Å². The Labute approximate surface area is 149 Å². The highest BCUT2D eigenvalue weighted by Gasteiger charge is 2.37. The molecule has 0 bridgehead atoms. The van der Waals surface area contributed by atoms with E-state index in [1.807, 2.05) is 44.2 Å². The van der Waals surface area contributed by atoms with Crippen LogP contribution in [0.2, 0.25) is 0 Å². The van der Waals surface area contributed by atoms with E-state index in [1.165, 1.54) is 0 Å². The van der Waals surface area contributed by atoms with E-state index in [0.29, 0.717) is 6.42 Å². The Balaban J connectivity index is 1.79. The van der Waals surface area contributed by atoms with Gasteiger partial charge in [-0.1, -0.05) is 48.5 Å². The van der Waals surface area contributed by atoms with Crippen LogP contribution in [0, 0.1) is 18.3 Å². The molecular weight excluding hydrogens is 312 g/mol. The van der Waals surface area contributed by atoms with Gasteiger partial charge in [-0.15, -0.1) is 0 Å². The largest absolute Gasteiger partial charge is 0.393 e. The Hall–Kier alpha value is -2.42. The lowest BCUT2D eigenvalue weighted by Crippen LogP contribution is -2.31. The van der Waals surface area contributed by atoms with Crippen LogP contribution in [0.5, 0.6) is 0 Å². The molecule has 1 saturated carbocycles. The summed E-state index contributed by atoms with van der Waals surface area (Å²) in [5.74, 6) is -0.871. The van der Waals surface area contributed by atoms with Crippen LogP contribution in [-0.2, 0) is 20.7 Å². The van der Waals surface area contributed by atoms with Crippen molar-refractivity contribution in [1.82, 2.24) is 0 Å². The van der Waals surface area contributed by atoms with E-state index in [9.17, 15) is 9.59 Å². The summed E-state index contributed by atoms with van der Waals surface area (Å²) in [4.78, 5) is 24.2. The van der Waals surface area contributed by atoms with E-state index in [1.54, 1.807) is 0 Å². The fourth-order valence-electron chi connectivity index (χ4n) is 2.99. The number of ether oxygens (including phenoxy) is 1. The van der Waals surface area contributed by atoms with Crippen LogP contribution in [0.15, 0.2) is 48.5 Å². The molecular formula is C22H24O3. The van der Waals surface area contributed by atoms with Crippen LogP contribution in [0.1, 0.15) is 37.8 Å². The number of carbonyl (C=O) groups is 2. The second kappa shape index (κ2) is 6.83. The highest BCUT2D eigenvalue weighted by molar-refractivity contribution is 5.90. The smallest absolute Gasteiger partial charge is 0.319 e. The molecule has 0 aliphatic heterocycles. The maximum atomic E-state index is 12.4.